The van der Waals surface area contributed by atoms with Crippen LogP contribution in [0.1, 0.15) is 61.1 Å². The van der Waals surface area contributed by atoms with Gasteiger partial charge in [-0.2, -0.15) is 4.98 Å². The van der Waals surface area contributed by atoms with Crippen LogP contribution in [-0.2, 0) is 29.0 Å². The first-order valence-electron chi connectivity index (χ1n) is 11.0. The van der Waals surface area contributed by atoms with Crippen molar-refractivity contribution < 1.29 is 14.3 Å². The fourth-order valence-electron chi connectivity index (χ4n) is 3.39. The highest BCUT2D eigenvalue weighted by Gasteiger charge is 2.18. The van der Waals surface area contributed by atoms with E-state index in [2.05, 4.69) is 25.7 Å². The van der Waals surface area contributed by atoms with E-state index in [4.69, 9.17) is 4.74 Å². The molecule has 2 N–H and O–H groups in total. The van der Waals surface area contributed by atoms with Gasteiger partial charge in [-0.1, -0.05) is 29.8 Å². The Hall–Kier alpha value is -3.49. The van der Waals surface area contributed by atoms with Gasteiger partial charge in [-0.05, 0) is 59.1 Å². The minimum Gasteiger partial charge on any atom is -0.444 e. The Balaban J connectivity index is 1.61. The van der Waals surface area contributed by atoms with Crippen molar-refractivity contribution in [3.05, 3.63) is 58.2 Å². The predicted octanol–water partition coefficient (Wildman–Crippen LogP) is 3.32. The Morgan fingerprint density at radius 1 is 1.00 bits per heavy atom. The van der Waals surface area contributed by atoms with Crippen LogP contribution < -0.4 is 10.6 Å². The highest BCUT2D eigenvalue weighted by molar-refractivity contribution is 5.76. The molecule has 0 aliphatic heterocycles. The van der Waals surface area contributed by atoms with Crippen LogP contribution in [0, 0.1) is 20.8 Å². The predicted molar refractivity (Wildman–Crippen MR) is 125 cm³/mol. The Morgan fingerprint density at radius 2 is 1.70 bits per heavy atom. The molecular formula is C24H32N6O3. The molecule has 0 radical (unpaired) electrons. The second-order valence-electron chi connectivity index (χ2n) is 9.12. The summed E-state index contributed by atoms with van der Waals surface area (Å²) in [6.45, 7) is 11.9. The fourth-order valence-corrected chi connectivity index (χ4v) is 3.39. The van der Waals surface area contributed by atoms with Crippen LogP contribution in [-0.4, -0.2) is 37.2 Å². The molecule has 0 fully saturated rings. The molecule has 0 aliphatic rings. The van der Waals surface area contributed by atoms with Gasteiger partial charge in [0.1, 0.15) is 5.60 Å². The number of ether oxygens (including phenoxy) is 1. The first-order chi connectivity index (χ1) is 15.5. The Kier molecular flexibility index (Phi) is 7.30. The molecule has 2 amide bonds. The molecule has 1 aromatic carbocycles. The molecule has 2 heterocycles. The van der Waals surface area contributed by atoms with Crippen molar-refractivity contribution in [2.75, 3.05) is 0 Å². The zero-order valence-corrected chi connectivity index (χ0v) is 20.2. The summed E-state index contributed by atoms with van der Waals surface area (Å²) in [7, 11) is 0. The largest absolute Gasteiger partial charge is 0.444 e. The maximum atomic E-state index is 12.4. The maximum absolute atomic E-state index is 12.4. The van der Waals surface area contributed by atoms with Crippen molar-refractivity contribution in [1.82, 2.24) is 30.2 Å². The number of carbonyl (C=O) groups is 2. The standard InChI is InChI=1S/C24H32N6O3/c1-15-7-9-18(10-8-15)13-25-21(31)12-11-19-16(2)27-22-28-20(29-30(22)17(19)3)14-26-23(32)33-24(4,5)6/h7-10H,11-14H2,1-6H3,(H,25,31)(H,26,32). The van der Waals surface area contributed by atoms with E-state index in [1.165, 1.54) is 5.56 Å². The van der Waals surface area contributed by atoms with Gasteiger partial charge >= 0.3 is 6.09 Å². The van der Waals surface area contributed by atoms with Gasteiger partial charge in [0, 0.05) is 24.4 Å². The van der Waals surface area contributed by atoms with Gasteiger partial charge in [0.2, 0.25) is 5.91 Å². The number of hydrogen-bond acceptors (Lipinski definition) is 6. The molecule has 0 bridgehead atoms. The number of nitrogens with zero attached hydrogens (tertiary/aromatic N) is 4. The summed E-state index contributed by atoms with van der Waals surface area (Å²) in [5, 5.41) is 10.1. The molecule has 9 heteroatoms. The van der Waals surface area contributed by atoms with Crippen LogP contribution in [0.25, 0.3) is 5.78 Å². The highest BCUT2D eigenvalue weighted by atomic mass is 16.6. The van der Waals surface area contributed by atoms with Crippen molar-refractivity contribution in [3.8, 4) is 0 Å². The molecule has 0 spiro atoms. The third-order valence-electron chi connectivity index (χ3n) is 5.09. The number of aromatic nitrogens is 4. The summed E-state index contributed by atoms with van der Waals surface area (Å²) >= 11 is 0. The molecule has 0 atom stereocenters. The molecule has 33 heavy (non-hydrogen) atoms. The smallest absolute Gasteiger partial charge is 0.408 e. The highest BCUT2D eigenvalue weighted by Crippen LogP contribution is 2.16. The van der Waals surface area contributed by atoms with Gasteiger partial charge in [-0.15, -0.1) is 5.10 Å². The van der Waals surface area contributed by atoms with Crippen molar-refractivity contribution >= 4 is 17.8 Å². The first-order valence-corrected chi connectivity index (χ1v) is 11.0. The minimum absolute atomic E-state index is 0.0182. The zero-order chi connectivity index (χ0) is 24.2. The molecule has 0 saturated carbocycles. The van der Waals surface area contributed by atoms with Gasteiger partial charge in [0.05, 0.1) is 6.54 Å². The van der Waals surface area contributed by atoms with Gasteiger partial charge in [-0.25, -0.2) is 14.3 Å². The number of aryl methyl sites for hydroxylation is 3. The zero-order valence-electron chi connectivity index (χ0n) is 20.2. The van der Waals surface area contributed by atoms with E-state index < -0.39 is 11.7 Å². The van der Waals surface area contributed by atoms with Crippen molar-refractivity contribution in [3.63, 3.8) is 0 Å². The summed E-state index contributed by atoms with van der Waals surface area (Å²) in [5.74, 6) is 0.873. The summed E-state index contributed by atoms with van der Waals surface area (Å²) in [6, 6.07) is 8.10. The number of benzene rings is 1. The summed E-state index contributed by atoms with van der Waals surface area (Å²) < 4.78 is 6.89. The van der Waals surface area contributed by atoms with E-state index in [1.807, 2.05) is 45.0 Å². The molecule has 9 nitrogen and oxygen atoms in total. The third-order valence-corrected chi connectivity index (χ3v) is 5.09. The van der Waals surface area contributed by atoms with E-state index in [-0.39, 0.29) is 12.5 Å². The van der Waals surface area contributed by atoms with Gasteiger partial charge in [0.25, 0.3) is 5.78 Å². The van der Waals surface area contributed by atoms with E-state index >= 15 is 0 Å². The monoisotopic (exact) mass is 452 g/mol. The Labute approximate surface area is 194 Å². The van der Waals surface area contributed by atoms with Crippen LogP contribution in [0.4, 0.5) is 4.79 Å². The summed E-state index contributed by atoms with van der Waals surface area (Å²) in [6.07, 6.45) is 0.369. The molecular weight excluding hydrogens is 420 g/mol. The molecule has 3 rings (SSSR count). The Bertz CT molecular complexity index is 1150. The van der Waals surface area contributed by atoms with E-state index in [0.717, 1.165) is 22.5 Å². The van der Waals surface area contributed by atoms with Crippen LogP contribution in [0.3, 0.4) is 0 Å². The molecule has 0 saturated heterocycles. The lowest BCUT2D eigenvalue weighted by Crippen LogP contribution is -2.32. The van der Waals surface area contributed by atoms with Crippen LogP contribution >= 0.6 is 0 Å². The average molecular weight is 453 g/mol. The van der Waals surface area contributed by atoms with E-state index in [9.17, 15) is 9.59 Å². The number of hydrogen-bond donors (Lipinski definition) is 2. The number of fused-ring (bicyclic) bond motifs is 1. The lowest BCUT2D eigenvalue weighted by atomic mass is 10.1. The lowest BCUT2D eigenvalue weighted by molar-refractivity contribution is -0.121. The van der Waals surface area contributed by atoms with Crippen LogP contribution in [0.2, 0.25) is 0 Å². The quantitative estimate of drug-likeness (QED) is 0.569. The molecule has 0 aliphatic carbocycles. The topological polar surface area (TPSA) is 111 Å². The maximum Gasteiger partial charge on any atom is 0.408 e. The fraction of sp³-hybridized carbons (Fsp3) is 0.458. The van der Waals surface area contributed by atoms with Crippen LogP contribution in [0.5, 0.6) is 0 Å². The second kappa shape index (κ2) is 9.97. The third kappa shape index (κ3) is 6.74. The summed E-state index contributed by atoms with van der Waals surface area (Å²) in [5.41, 5.74) is 4.33. The summed E-state index contributed by atoms with van der Waals surface area (Å²) in [4.78, 5) is 33.2. The second-order valence-corrected chi connectivity index (χ2v) is 9.12. The minimum atomic E-state index is -0.576. The molecule has 0 unspecified atom stereocenters. The number of nitrogens with one attached hydrogen (secondary N) is 2. The first kappa shape index (κ1) is 24.2. The number of carbonyl (C=O) groups excluding carboxylic acids is 2. The molecule has 176 valence electrons. The number of rotatable bonds is 7. The van der Waals surface area contributed by atoms with Gasteiger partial charge in [0.15, 0.2) is 5.82 Å². The average Bonchev–Trinajstić information content (AvgIpc) is 3.13. The normalized spacial score (nSPS) is 11.5. The van der Waals surface area contributed by atoms with Crippen LogP contribution in [0.15, 0.2) is 24.3 Å². The molecule has 2 aromatic heterocycles. The van der Waals surface area contributed by atoms with Gasteiger partial charge in [-0.3, -0.25) is 4.79 Å². The SMILES string of the molecule is Cc1ccc(CNC(=O)CCc2c(C)nc3nc(CNC(=O)OC(C)(C)C)nn3c2C)cc1. The molecule has 3 aromatic rings. The van der Waals surface area contributed by atoms with Crippen molar-refractivity contribution in [2.24, 2.45) is 0 Å². The van der Waals surface area contributed by atoms with E-state index in [0.29, 0.717) is 31.0 Å². The Morgan fingerprint density at radius 3 is 2.36 bits per heavy atom. The van der Waals surface area contributed by atoms with E-state index in [1.54, 1.807) is 25.3 Å². The van der Waals surface area contributed by atoms with Gasteiger partial charge < -0.3 is 15.4 Å². The number of amides is 2. The lowest BCUT2D eigenvalue weighted by Gasteiger charge is -2.19. The van der Waals surface area contributed by atoms with Crippen molar-refractivity contribution in [2.45, 2.75) is 73.1 Å². The van der Waals surface area contributed by atoms with Crippen molar-refractivity contribution in [1.29, 1.82) is 0 Å². The number of alkyl carbamates (subject to hydrolysis) is 1.